The minimum absolute atomic E-state index is 0.0189. The molecule has 0 bridgehead atoms. The molecule has 11 nitrogen and oxygen atoms in total. The SMILES string of the molecule is [C-]#[N+]CCCOCC(COCC(O)COCCOCC(F)(F)OC(F)(F)OC(F)(F)CO)OCOC. The summed E-state index contributed by atoms with van der Waals surface area (Å²) in [7, 11) is 1.43. The fourth-order valence-electron chi connectivity index (χ4n) is 2.11. The Morgan fingerprint density at radius 2 is 1.42 bits per heavy atom. The summed E-state index contributed by atoms with van der Waals surface area (Å²) in [6, 6.07) is 0. The Labute approximate surface area is 203 Å². The molecule has 0 aromatic carbocycles. The van der Waals surface area contributed by atoms with Crippen molar-refractivity contribution in [2.45, 2.75) is 37.1 Å². The molecular formula is C19H31F6NO10. The molecule has 0 saturated heterocycles. The fraction of sp³-hybridized carbons (Fsp3) is 0.947. The molecular weight excluding hydrogens is 516 g/mol. The first-order valence-electron chi connectivity index (χ1n) is 10.4. The summed E-state index contributed by atoms with van der Waals surface area (Å²) >= 11 is 0. The van der Waals surface area contributed by atoms with Crippen molar-refractivity contribution in [3.05, 3.63) is 11.4 Å². The molecule has 0 spiro atoms. The van der Waals surface area contributed by atoms with E-state index in [1.807, 2.05) is 0 Å². The first kappa shape index (κ1) is 34.7. The van der Waals surface area contributed by atoms with Crippen LogP contribution in [0.15, 0.2) is 0 Å². The van der Waals surface area contributed by atoms with Crippen LogP contribution in [-0.4, -0.2) is 121 Å². The van der Waals surface area contributed by atoms with Crippen LogP contribution >= 0.6 is 0 Å². The third-order valence-electron chi connectivity index (χ3n) is 3.57. The Hall–Kier alpha value is -1.33. The predicted molar refractivity (Wildman–Crippen MR) is 106 cm³/mol. The lowest BCUT2D eigenvalue weighted by molar-refractivity contribution is -0.517. The molecule has 0 aliphatic heterocycles. The number of hydrogen-bond acceptors (Lipinski definition) is 10. The minimum atomic E-state index is -5.40. The second-order valence-electron chi connectivity index (χ2n) is 6.92. The van der Waals surface area contributed by atoms with E-state index in [1.54, 1.807) is 0 Å². The average molecular weight is 547 g/mol. The van der Waals surface area contributed by atoms with Gasteiger partial charge in [-0.25, -0.2) is 16.0 Å². The molecule has 0 rings (SSSR count). The number of aliphatic hydroxyl groups is 2. The monoisotopic (exact) mass is 547 g/mol. The summed E-state index contributed by atoms with van der Waals surface area (Å²) in [5, 5.41) is 17.9. The highest BCUT2D eigenvalue weighted by Crippen LogP contribution is 2.33. The maximum Gasteiger partial charge on any atom is 0.495 e. The molecule has 0 aliphatic rings. The molecule has 0 heterocycles. The summed E-state index contributed by atoms with van der Waals surface area (Å²) in [6.07, 6.45) is -16.0. The molecule has 36 heavy (non-hydrogen) atoms. The Morgan fingerprint density at radius 1 is 0.833 bits per heavy atom. The van der Waals surface area contributed by atoms with Crippen LogP contribution in [0.5, 0.6) is 0 Å². The van der Waals surface area contributed by atoms with E-state index in [2.05, 4.69) is 19.1 Å². The second kappa shape index (κ2) is 18.8. The van der Waals surface area contributed by atoms with Crippen molar-refractivity contribution >= 4 is 0 Å². The third-order valence-corrected chi connectivity index (χ3v) is 3.57. The van der Waals surface area contributed by atoms with E-state index in [9.17, 15) is 31.4 Å². The highest BCUT2D eigenvalue weighted by Gasteiger charge is 2.52. The van der Waals surface area contributed by atoms with E-state index in [0.29, 0.717) is 19.6 Å². The van der Waals surface area contributed by atoms with Gasteiger partial charge >= 0.3 is 18.5 Å². The van der Waals surface area contributed by atoms with Crippen LogP contribution in [0.2, 0.25) is 0 Å². The lowest BCUT2D eigenvalue weighted by atomic mass is 10.4. The number of aliphatic hydroxyl groups excluding tert-OH is 2. The van der Waals surface area contributed by atoms with E-state index in [0.717, 1.165) is 0 Å². The van der Waals surface area contributed by atoms with Crippen molar-refractivity contribution in [3.8, 4) is 0 Å². The molecule has 0 aliphatic carbocycles. The van der Waals surface area contributed by atoms with Crippen molar-refractivity contribution in [2.24, 2.45) is 0 Å². The highest BCUT2D eigenvalue weighted by atomic mass is 19.3. The van der Waals surface area contributed by atoms with Gasteiger partial charge in [-0.2, -0.15) is 17.6 Å². The van der Waals surface area contributed by atoms with E-state index in [4.69, 9.17) is 35.4 Å². The van der Waals surface area contributed by atoms with Crippen LogP contribution in [0, 0.1) is 6.57 Å². The minimum Gasteiger partial charge on any atom is -0.388 e. The molecule has 17 heteroatoms. The number of ether oxygens (including phenoxy) is 8. The van der Waals surface area contributed by atoms with Gasteiger partial charge in [-0.15, -0.1) is 8.78 Å². The first-order chi connectivity index (χ1) is 16.9. The number of hydrogen-bond donors (Lipinski definition) is 2. The first-order valence-corrected chi connectivity index (χ1v) is 10.4. The van der Waals surface area contributed by atoms with Gasteiger partial charge in [-0.1, -0.05) is 0 Å². The van der Waals surface area contributed by atoms with Crippen LogP contribution in [-0.2, 0) is 37.9 Å². The molecule has 2 atom stereocenters. The average Bonchev–Trinajstić information content (AvgIpc) is 2.77. The van der Waals surface area contributed by atoms with Gasteiger partial charge in [0.25, 0.3) is 0 Å². The van der Waals surface area contributed by atoms with Gasteiger partial charge in [-0.3, -0.25) is 0 Å². The van der Waals surface area contributed by atoms with Gasteiger partial charge in [0.1, 0.15) is 32.2 Å². The molecule has 0 fully saturated rings. The normalized spacial score (nSPS) is 14.6. The Bertz CT molecular complexity index is 600. The molecule has 0 saturated carbocycles. The number of methoxy groups -OCH3 is 1. The molecule has 0 amide bonds. The van der Waals surface area contributed by atoms with Gasteiger partial charge in [0, 0.05) is 13.5 Å². The number of nitrogens with zero attached hydrogens (tertiary/aromatic N) is 1. The Morgan fingerprint density at radius 3 is 2.06 bits per heavy atom. The van der Waals surface area contributed by atoms with Crippen LogP contribution < -0.4 is 0 Å². The summed E-state index contributed by atoms with van der Waals surface area (Å²) in [6.45, 7) is 2.33. The van der Waals surface area contributed by atoms with Crippen molar-refractivity contribution < 1.29 is 74.5 Å². The summed E-state index contributed by atoms with van der Waals surface area (Å²) < 4.78 is 113. The van der Waals surface area contributed by atoms with Crippen molar-refractivity contribution in [1.29, 1.82) is 0 Å². The van der Waals surface area contributed by atoms with Crippen LogP contribution in [0.3, 0.4) is 0 Å². The van der Waals surface area contributed by atoms with Crippen molar-refractivity contribution in [1.82, 2.24) is 0 Å². The predicted octanol–water partition coefficient (Wildman–Crippen LogP) is 1.47. The lowest BCUT2D eigenvalue weighted by Gasteiger charge is -2.25. The maximum absolute atomic E-state index is 13.3. The largest absolute Gasteiger partial charge is 0.495 e. The van der Waals surface area contributed by atoms with Crippen molar-refractivity contribution in [3.63, 3.8) is 0 Å². The summed E-state index contributed by atoms with van der Waals surface area (Å²) in [5.41, 5.74) is 0. The van der Waals surface area contributed by atoms with E-state index < -0.39 is 50.5 Å². The van der Waals surface area contributed by atoms with Crippen LogP contribution in [0.25, 0.3) is 4.85 Å². The fourth-order valence-corrected chi connectivity index (χ4v) is 2.11. The molecule has 2 unspecified atom stereocenters. The van der Waals surface area contributed by atoms with Crippen LogP contribution in [0.1, 0.15) is 6.42 Å². The van der Waals surface area contributed by atoms with Gasteiger partial charge in [0.05, 0.1) is 46.2 Å². The van der Waals surface area contributed by atoms with Gasteiger partial charge < -0.3 is 43.5 Å². The number of rotatable bonds is 24. The zero-order valence-corrected chi connectivity index (χ0v) is 19.5. The maximum atomic E-state index is 13.3. The molecule has 214 valence electrons. The standard InChI is InChI=1S/C19H31F6NO10/c1-26-4-3-5-30-10-16(34-14-29-2)11-33-9-15(28)8-31-6-7-32-13-18(22,23)36-19(24,25)35-17(20,21)12-27/h15-16,27-28H,3-14H2,2H3. The van der Waals surface area contributed by atoms with E-state index >= 15 is 0 Å². The quantitative estimate of drug-likeness (QED) is 0.0796. The lowest BCUT2D eigenvalue weighted by Crippen LogP contribution is -2.43. The number of halogens is 6. The topological polar surface area (TPSA) is 119 Å². The summed E-state index contributed by atoms with van der Waals surface area (Å²) in [5.74, 6) is 0. The van der Waals surface area contributed by atoms with Crippen molar-refractivity contribution in [2.75, 3.05) is 79.9 Å². The summed E-state index contributed by atoms with van der Waals surface area (Å²) in [4.78, 5) is 3.19. The van der Waals surface area contributed by atoms with E-state index in [1.165, 1.54) is 7.11 Å². The molecule has 0 aromatic heterocycles. The Kier molecular flexibility index (Phi) is 18.1. The molecule has 2 N–H and O–H groups in total. The zero-order valence-electron chi connectivity index (χ0n) is 19.5. The smallest absolute Gasteiger partial charge is 0.388 e. The van der Waals surface area contributed by atoms with Gasteiger partial charge in [-0.05, 0) is 0 Å². The molecule has 0 aromatic rings. The Balaban J connectivity index is 4.05. The van der Waals surface area contributed by atoms with E-state index in [-0.39, 0.29) is 39.8 Å². The van der Waals surface area contributed by atoms with Crippen LogP contribution in [0.4, 0.5) is 26.3 Å². The second-order valence-corrected chi connectivity index (χ2v) is 6.92. The third kappa shape index (κ3) is 19.8. The highest BCUT2D eigenvalue weighted by molar-refractivity contribution is 4.60. The van der Waals surface area contributed by atoms with Gasteiger partial charge in [0.15, 0.2) is 0 Å². The van der Waals surface area contributed by atoms with Gasteiger partial charge in [0.2, 0.25) is 6.54 Å². The zero-order chi connectivity index (χ0) is 27.5. The molecule has 0 radical (unpaired) electrons. The number of alkyl halides is 6.